The van der Waals surface area contributed by atoms with Gasteiger partial charge in [-0.3, -0.25) is 15.4 Å². The van der Waals surface area contributed by atoms with E-state index in [1.165, 1.54) is 48.7 Å². The van der Waals surface area contributed by atoms with Gasteiger partial charge in [0.05, 0.1) is 41.5 Å². The minimum absolute atomic E-state index is 0.0638. The van der Waals surface area contributed by atoms with Gasteiger partial charge < -0.3 is 20.1 Å². The molecule has 0 unspecified atom stereocenters. The molecule has 0 saturated carbocycles. The van der Waals surface area contributed by atoms with Crippen LogP contribution in [0.2, 0.25) is 0 Å². The maximum Gasteiger partial charge on any atom is 0.335 e. The number of rotatable bonds is 12. The van der Waals surface area contributed by atoms with Gasteiger partial charge in [0.25, 0.3) is 10.1 Å². The summed E-state index contributed by atoms with van der Waals surface area (Å²) in [6.45, 7) is 0.143. The molecular weight excluding hydrogens is 592 g/mol. The number of nitrogens with zero attached hydrogens (tertiary/aromatic N) is 2. The largest absolute Gasteiger partial charge is 0.491 e. The molecule has 0 heterocycles. The molecule has 0 amide bonds. The summed E-state index contributed by atoms with van der Waals surface area (Å²) in [5.41, 5.74) is 7.61. The number of para-hydroxylation sites is 1. The zero-order valence-corrected chi connectivity index (χ0v) is 23.8. The van der Waals surface area contributed by atoms with Crippen LogP contribution in [0.5, 0.6) is 5.75 Å². The number of aliphatic hydroxyl groups excluding tert-OH is 1. The van der Waals surface area contributed by atoms with E-state index in [4.69, 9.17) is 24.6 Å². The number of hydrazone groups is 2. The fourth-order valence-electron chi connectivity index (χ4n) is 3.49. The van der Waals surface area contributed by atoms with Crippen LogP contribution in [0.4, 0.5) is 11.4 Å². The van der Waals surface area contributed by atoms with Crippen molar-refractivity contribution in [1.82, 2.24) is 0 Å². The topological polar surface area (TPSA) is 207 Å². The van der Waals surface area contributed by atoms with E-state index in [1.807, 2.05) is 18.2 Å². The molecule has 0 bridgehead atoms. The first-order valence-electron chi connectivity index (χ1n) is 12.7. The van der Waals surface area contributed by atoms with E-state index in [1.54, 1.807) is 42.6 Å². The second kappa shape index (κ2) is 16.2. The highest BCUT2D eigenvalue weighted by molar-refractivity contribution is 7.86. The molecule has 44 heavy (non-hydrogen) atoms. The summed E-state index contributed by atoms with van der Waals surface area (Å²) in [5.74, 6) is -1.44. The molecule has 13 nitrogen and oxygen atoms in total. The number of nitrogens with one attached hydrogen (secondary N) is 2. The number of hydrogen-bond donors (Lipinski definition) is 6. The van der Waals surface area contributed by atoms with E-state index in [-0.39, 0.29) is 34.8 Å². The van der Waals surface area contributed by atoms with Crippen LogP contribution in [-0.4, -0.2) is 65.9 Å². The van der Waals surface area contributed by atoms with Crippen molar-refractivity contribution in [2.24, 2.45) is 10.2 Å². The fourth-order valence-corrected chi connectivity index (χ4v) is 4.16. The lowest BCUT2D eigenvalue weighted by Crippen LogP contribution is -2.04. The summed E-state index contributed by atoms with van der Waals surface area (Å²) in [4.78, 5) is 21.5. The maximum atomic E-state index is 11.2. The van der Waals surface area contributed by atoms with Crippen molar-refractivity contribution < 1.29 is 42.6 Å². The Kier molecular flexibility index (Phi) is 12.1. The van der Waals surface area contributed by atoms with Crippen LogP contribution in [0.15, 0.2) is 112 Å². The zero-order valence-electron chi connectivity index (χ0n) is 22.9. The minimum atomic E-state index is -4.34. The Balaban J connectivity index is 0.000000240. The zero-order chi connectivity index (χ0) is 32.0. The average Bonchev–Trinajstić information content (AvgIpc) is 3.01. The van der Waals surface area contributed by atoms with Crippen molar-refractivity contribution >= 4 is 45.9 Å². The number of benzene rings is 4. The van der Waals surface area contributed by atoms with Gasteiger partial charge in [0.15, 0.2) is 0 Å². The molecule has 0 aromatic heterocycles. The molecule has 0 saturated heterocycles. The van der Waals surface area contributed by atoms with Gasteiger partial charge >= 0.3 is 11.9 Å². The van der Waals surface area contributed by atoms with Crippen molar-refractivity contribution in [3.8, 4) is 5.75 Å². The molecule has 228 valence electrons. The first kappa shape index (κ1) is 32.9. The summed E-state index contributed by atoms with van der Waals surface area (Å²) < 4.78 is 36.9. The second-order valence-corrected chi connectivity index (χ2v) is 10.0. The number of ether oxygens (including phenoxy) is 1. The lowest BCUT2D eigenvalue weighted by molar-refractivity contribution is 0.0686. The van der Waals surface area contributed by atoms with E-state index in [2.05, 4.69) is 21.1 Å². The summed E-state index contributed by atoms with van der Waals surface area (Å²) in [5, 5.41) is 34.5. The van der Waals surface area contributed by atoms with Crippen LogP contribution in [0.25, 0.3) is 0 Å². The van der Waals surface area contributed by atoms with Crippen LogP contribution in [0, 0.1) is 0 Å². The van der Waals surface area contributed by atoms with E-state index < -0.39 is 22.1 Å². The normalized spacial score (nSPS) is 11.0. The number of carboxylic acids is 2. The molecule has 0 aliphatic carbocycles. The standard InChI is InChI=1S/C16H16N2O4.C14H12N2O5S/c19-8-9-22-15-7-2-1-4-13(15)11-17-18-14-6-3-5-12(10-14)16(20)21;17-14(18)10-5-3-6-12(8-10)16-15-9-11-4-1-2-7-13(11)22(19,20)21/h1-7,10-11,18-19H,8-9H2,(H,20,21);1-9,16H,(H,17,18)(H,19,20,21)/b17-11+;15-9+. The molecule has 0 atom stereocenters. The van der Waals surface area contributed by atoms with Gasteiger partial charge in [-0.15, -0.1) is 0 Å². The highest BCUT2D eigenvalue weighted by atomic mass is 32.2. The Morgan fingerprint density at radius 3 is 1.75 bits per heavy atom. The molecule has 0 fully saturated rings. The van der Waals surface area contributed by atoms with Crippen LogP contribution < -0.4 is 15.6 Å². The number of hydrogen-bond acceptors (Lipinski definition) is 10. The van der Waals surface area contributed by atoms with E-state index in [0.717, 1.165) is 5.56 Å². The predicted molar refractivity (Wildman–Crippen MR) is 165 cm³/mol. The molecule has 6 N–H and O–H groups in total. The smallest absolute Gasteiger partial charge is 0.335 e. The lowest BCUT2D eigenvalue weighted by atomic mass is 10.2. The van der Waals surface area contributed by atoms with E-state index >= 15 is 0 Å². The number of aromatic carboxylic acids is 2. The highest BCUT2D eigenvalue weighted by Crippen LogP contribution is 2.17. The molecule has 0 radical (unpaired) electrons. The second-order valence-electron chi connectivity index (χ2n) is 8.63. The molecule has 4 aromatic rings. The van der Waals surface area contributed by atoms with Crippen molar-refractivity contribution in [1.29, 1.82) is 0 Å². The number of aliphatic hydroxyl groups is 1. The Bertz CT molecular complexity index is 1760. The van der Waals surface area contributed by atoms with Crippen LogP contribution in [0.1, 0.15) is 31.8 Å². The molecule has 4 aromatic carbocycles. The third-order valence-corrected chi connectivity index (χ3v) is 6.41. The molecule has 0 aliphatic rings. The van der Waals surface area contributed by atoms with Gasteiger partial charge in [-0.2, -0.15) is 18.6 Å². The number of carbonyl (C=O) groups is 2. The monoisotopic (exact) mass is 620 g/mol. The SMILES string of the molecule is O=C(O)c1cccc(N/N=C/c2ccccc2OCCO)c1.O=C(O)c1cccc(N/N=C/c2ccccc2S(=O)(=O)O)c1. The van der Waals surface area contributed by atoms with E-state index in [0.29, 0.717) is 17.1 Å². The Morgan fingerprint density at radius 1 is 0.727 bits per heavy atom. The molecular formula is C30H28N4O9S. The Labute approximate surface area is 252 Å². The Hall–Kier alpha value is -5.57. The summed E-state index contributed by atoms with van der Waals surface area (Å²) in [7, 11) is -4.34. The predicted octanol–water partition coefficient (Wildman–Crippen LogP) is 4.28. The average molecular weight is 621 g/mol. The van der Waals surface area contributed by atoms with Gasteiger partial charge in [-0.1, -0.05) is 42.5 Å². The van der Waals surface area contributed by atoms with Gasteiger partial charge in [0.2, 0.25) is 0 Å². The quantitative estimate of drug-likeness (QED) is 0.0748. The van der Waals surface area contributed by atoms with Gasteiger partial charge in [-0.25, -0.2) is 9.59 Å². The third kappa shape index (κ3) is 10.4. The molecule has 0 aliphatic heterocycles. The summed E-state index contributed by atoms with van der Waals surface area (Å²) in [6.07, 6.45) is 2.79. The van der Waals surface area contributed by atoms with Crippen LogP contribution in [-0.2, 0) is 10.1 Å². The lowest BCUT2D eigenvalue weighted by Gasteiger charge is -2.07. The summed E-state index contributed by atoms with van der Waals surface area (Å²) in [6, 6.07) is 25.4. The van der Waals surface area contributed by atoms with E-state index in [9.17, 15) is 18.0 Å². The Morgan fingerprint density at radius 2 is 1.23 bits per heavy atom. The van der Waals surface area contributed by atoms with Crippen molar-refractivity contribution in [3.63, 3.8) is 0 Å². The number of carboxylic acid groups (broad SMARTS) is 2. The van der Waals surface area contributed by atoms with Crippen LogP contribution in [0.3, 0.4) is 0 Å². The summed E-state index contributed by atoms with van der Waals surface area (Å²) >= 11 is 0. The first-order chi connectivity index (χ1) is 21.1. The third-order valence-electron chi connectivity index (χ3n) is 5.48. The fraction of sp³-hybridized carbons (Fsp3) is 0.0667. The molecule has 4 rings (SSSR count). The highest BCUT2D eigenvalue weighted by Gasteiger charge is 2.13. The van der Waals surface area contributed by atoms with Crippen molar-refractivity contribution in [2.75, 3.05) is 24.1 Å². The van der Waals surface area contributed by atoms with Crippen molar-refractivity contribution in [3.05, 3.63) is 119 Å². The molecule has 14 heteroatoms. The first-order valence-corrected chi connectivity index (χ1v) is 14.2. The van der Waals surface area contributed by atoms with Gasteiger partial charge in [-0.05, 0) is 54.6 Å². The minimum Gasteiger partial charge on any atom is -0.491 e. The maximum absolute atomic E-state index is 11.2. The van der Waals surface area contributed by atoms with Crippen LogP contribution >= 0.6 is 0 Å². The number of anilines is 2. The van der Waals surface area contributed by atoms with Gasteiger partial charge in [0.1, 0.15) is 17.3 Å². The van der Waals surface area contributed by atoms with Gasteiger partial charge in [0, 0.05) is 11.1 Å². The molecule has 0 spiro atoms. The van der Waals surface area contributed by atoms with Crippen molar-refractivity contribution in [2.45, 2.75) is 4.90 Å².